The summed E-state index contributed by atoms with van der Waals surface area (Å²) in [7, 11) is 0. The van der Waals surface area contributed by atoms with Crippen molar-refractivity contribution < 1.29 is 9.47 Å². The lowest BCUT2D eigenvalue weighted by Crippen LogP contribution is -2.23. The lowest BCUT2D eigenvalue weighted by molar-refractivity contribution is 0.0352. The predicted octanol–water partition coefficient (Wildman–Crippen LogP) is 5.13. The first kappa shape index (κ1) is 17.0. The normalized spacial score (nSPS) is 18.4. The number of benzene rings is 2. The summed E-state index contributed by atoms with van der Waals surface area (Å²) in [4.78, 5) is 0. The highest BCUT2D eigenvalue weighted by atomic mass is 16.5. The van der Waals surface area contributed by atoms with E-state index in [0.717, 1.165) is 32.0 Å². The summed E-state index contributed by atoms with van der Waals surface area (Å²) >= 11 is 0. The zero-order valence-electron chi connectivity index (χ0n) is 15.0. The summed E-state index contributed by atoms with van der Waals surface area (Å²) in [6.45, 7) is 9.15. The molecule has 2 aromatic rings. The molecule has 2 aromatic carbocycles. The van der Waals surface area contributed by atoms with Crippen LogP contribution in [0.5, 0.6) is 5.75 Å². The molecule has 0 aliphatic carbocycles. The second-order valence-electron chi connectivity index (χ2n) is 7.41. The van der Waals surface area contributed by atoms with E-state index in [2.05, 4.69) is 69.3 Å². The largest absolute Gasteiger partial charge is 0.493 e. The van der Waals surface area contributed by atoms with Gasteiger partial charge in [-0.05, 0) is 43.0 Å². The average Bonchev–Trinajstić information content (AvgIpc) is 2.61. The van der Waals surface area contributed by atoms with E-state index in [0.29, 0.717) is 5.92 Å². The molecule has 1 atom stereocenters. The SMILES string of the molecule is Cc1ccc(C(C)(C)c2ccc(OCC3CCCOC3)cc2)cc1. The van der Waals surface area contributed by atoms with Crippen molar-refractivity contribution in [3.8, 4) is 5.75 Å². The van der Waals surface area contributed by atoms with E-state index in [1.807, 2.05) is 0 Å². The summed E-state index contributed by atoms with van der Waals surface area (Å²) in [6, 6.07) is 17.4. The molecule has 128 valence electrons. The molecule has 0 spiro atoms. The molecule has 0 saturated carbocycles. The second-order valence-corrected chi connectivity index (χ2v) is 7.41. The third kappa shape index (κ3) is 3.99. The molecule has 0 bridgehead atoms. The molecule has 3 rings (SSSR count). The molecule has 2 nitrogen and oxygen atoms in total. The van der Waals surface area contributed by atoms with Gasteiger partial charge in [0.2, 0.25) is 0 Å². The van der Waals surface area contributed by atoms with Crippen molar-refractivity contribution in [2.45, 2.75) is 39.0 Å². The molecule has 0 aromatic heterocycles. The van der Waals surface area contributed by atoms with Crippen molar-refractivity contribution in [1.82, 2.24) is 0 Å². The Morgan fingerprint density at radius 1 is 1.00 bits per heavy atom. The Morgan fingerprint density at radius 3 is 2.21 bits per heavy atom. The van der Waals surface area contributed by atoms with Crippen LogP contribution in [0.1, 0.15) is 43.4 Å². The summed E-state index contributed by atoms with van der Waals surface area (Å²) < 4.78 is 11.5. The van der Waals surface area contributed by atoms with Crippen LogP contribution in [-0.2, 0) is 10.2 Å². The van der Waals surface area contributed by atoms with Crippen LogP contribution < -0.4 is 4.74 Å². The average molecular weight is 324 g/mol. The Hall–Kier alpha value is -1.80. The van der Waals surface area contributed by atoms with Gasteiger partial charge < -0.3 is 9.47 Å². The first-order valence-corrected chi connectivity index (χ1v) is 8.94. The van der Waals surface area contributed by atoms with E-state index in [1.165, 1.54) is 23.1 Å². The highest BCUT2D eigenvalue weighted by Crippen LogP contribution is 2.32. The molecular formula is C22H28O2. The first-order valence-electron chi connectivity index (χ1n) is 8.94. The van der Waals surface area contributed by atoms with Gasteiger partial charge >= 0.3 is 0 Å². The third-order valence-electron chi connectivity index (χ3n) is 5.09. The van der Waals surface area contributed by atoms with Crippen molar-refractivity contribution in [1.29, 1.82) is 0 Å². The van der Waals surface area contributed by atoms with Crippen molar-refractivity contribution in [3.63, 3.8) is 0 Å². The highest BCUT2D eigenvalue weighted by molar-refractivity contribution is 5.40. The minimum Gasteiger partial charge on any atom is -0.493 e. The minimum atomic E-state index is -0.0105. The zero-order chi connectivity index (χ0) is 17.0. The van der Waals surface area contributed by atoms with Crippen molar-refractivity contribution in [2.75, 3.05) is 19.8 Å². The Bertz CT molecular complexity index is 635. The van der Waals surface area contributed by atoms with Gasteiger partial charge in [-0.25, -0.2) is 0 Å². The molecule has 1 unspecified atom stereocenters. The van der Waals surface area contributed by atoms with Gasteiger partial charge in [0.15, 0.2) is 0 Å². The van der Waals surface area contributed by atoms with Crippen LogP contribution in [0.25, 0.3) is 0 Å². The maximum atomic E-state index is 5.95. The van der Waals surface area contributed by atoms with E-state index >= 15 is 0 Å². The number of rotatable bonds is 5. The van der Waals surface area contributed by atoms with Gasteiger partial charge in [0.1, 0.15) is 5.75 Å². The van der Waals surface area contributed by atoms with E-state index in [4.69, 9.17) is 9.47 Å². The Morgan fingerprint density at radius 2 is 1.62 bits per heavy atom. The maximum absolute atomic E-state index is 5.95. The van der Waals surface area contributed by atoms with Gasteiger partial charge in [0.25, 0.3) is 0 Å². The predicted molar refractivity (Wildman–Crippen MR) is 98.8 cm³/mol. The van der Waals surface area contributed by atoms with E-state index in [-0.39, 0.29) is 5.41 Å². The van der Waals surface area contributed by atoms with Crippen LogP contribution in [0.4, 0.5) is 0 Å². The van der Waals surface area contributed by atoms with E-state index < -0.39 is 0 Å². The lowest BCUT2D eigenvalue weighted by Gasteiger charge is -2.27. The number of hydrogen-bond donors (Lipinski definition) is 0. The highest BCUT2D eigenvalue weighted by Gasteiger charge is 2.23. The summed E-state index contributed by atoms with van der Waals surface area (Å²) in [6.07, 6.45) is 2.36. The standard InChI is InChI=1S/C22H28O2/c1-17-6-8-19(9-7-17)22(2,3)20-10-12-21(13-11-20)24-16-18-5-4-14-23-15-18/h6-13,18H,4-5,14-16H2,1-3H3. The van der Waals surface area contributed by atoms with Crippen molar-refractivity contribution in [2.24, 2.45) is 5.92 Å². The Labute approximate surface area is 145 Å². The van der Waals surface area contributed by atoms with Gasteiger partial charge in [-0.1, -0.05) is 55.8 Å². The number of ether oxygens (including phenoxy) is 2. The number of hydrogen-bond acceptors (Lipinski definition) is 2. The van der Waals surface area contributed by atoms with Crippen molar-refractivity contribution in [3.05, 3.63) is 65.2 Å². The third-order valence-corrected chi connectivity index (χ3v) is 5.09. The van der Waals surface area contributed by atoms with Crippen LogP contribution in [0, 0.1) is 12.8 Å². The van der Waals surface area contributed by atoms with Gasteiger partial charge in [-0.15, -0.1) is 0 Å². The molecule has 1 saturated heterocycles. The van der Waals surface area contributed by atoms with Crippen LogP contribution >= 0.6 is 0 Å². The molecule has 0 radical (unpaired) electrons. The summed E-state index contributed by atoms with van der Waals surface area (Å²) in [5, 5.41) is 0. The molecule has 1 heterocycles. The monoisotopic (exact) mass is 324 g/mol. The maximum Gasteiger partial charge on any atom is 0.119 e. The smallest absolute Gasteiger partial charge is 0.119 e. The minimum absolute atomic E-state index is 0.0105. The fourth-order valence-electron chi connectivity index (χ4n) is 3.26. The van der Waals surface area contributed by atoms with E-state index in [1.54, 1.807) is 0 Å². The van der Waals surface area contributed by atoms with Gasteiger partial charge in [0.05, 0.1) is 13.2 Å². The molecule has 0 amide bonds. The Kier molecular flexibility index (Phi) is 5.25. The molecular weight excluding hydrogens is 296 g/mol. The molecule has 2 heteroatoms. The zero-order valence-corrected chi connectivity index (χ0v) is 15.0. The quantitative estimate of drug-likeness (QED) is 0.759. The second kappa shape index (κ2) is 7.40. The molecule has 1 fully saturated rings. The summed E-state index contributed by atoms with van der Waals surface area (Å²) in [5.74, 6) is 1.48. The summed E-state index contributed by atoms with van der Waals surface area (Å²) in [5.41, 5.74) is 3.93. The molecule has 1 aliphatic rings. The fraction of sp³-hybridized carbons (Fsp3) is 0.455. The molecule has 1 aliphatic heterocycles. The van der Waals surface area contributed by atoms with Crippen LogP contribution in [0.15, 0.2) is 48.5 Å². The molecule has 24 heavy (non-hydrogen) atoms. The fourth-order valence-corrected chi connectivity index (χ4v) is 3.26. The van der Waals surface area contributed by atoms with E-state index in [9.17, 15) is 0 Å². The van der Waals surface area contributed by atoms with Gasteiger partial charge in [-0.2, -0.15) is 0 Å². The van der Waals surface area contributed by atoms with Crippen LogP contribution in [0.2, 0.25) is 0 Å². The lowest BCUT2D eigenvalue weighted by atomic mass is 9.78. The molecule has 0 N–H and O–H groups in total. The topological polar surface area (TPSA) is 18.5 Å². The van der Waals surface area contributed by atoms with Crippen molar-refractivity contribution >= 4 is 0 Å². The van der Waals surface area contributed by atoms with Gasteiger partial charge in [-0.3, -0.25) is 0 Å². The number of aryl methyl sites for hydroxylation is 1. The van der Waals surface area contributed by atoms with Crippen LogP contribution in [-0.4, -0.2) is 19.8 Å². The van der Waals surface area contributed by atoms with Crippen LogP contribution in [0.3, 0.4) is 0 Å². The first-order chi connectivity index (χ1) is 11.6. The Balaban J connectivity index is 1.65. The van der Waals surface area contributed by atoms with Gasteiger partial charge in [0, 0.05) is 17.9 Å².